The molecule has 1 unspecified atom stereocenters. The van der Waals surface area contributed by atoms with Gasteiger partial charge in [-0.1, -0.05) is 55.6 Å². The second kappa shape index (κ2) is 6.16. The highest BCUT2D eigenvalue weighted by Gasteiger charge is 2.13. The molecule has 100 valence electrons. The lowest BCUT2D eigenvalue weighted by molar-refractivity contribution is 0.592. The third kappa shape index (κ3) is 3.65. The average molecular weight is 387 g/mol. The molecule has 0 bridgehead atoms. The first-order valence-corrected chi connectivity index (χ1v) is 7.51. The summed E-state index contributed by atoms with van der Waals surface area (Å²) in [6.45, 7) is 2.02. The molecule has 0 aliphatic heterocycles. The number of aryl methyl sites for hydroxylation is 1. The fraction of sp³-hybridized carbons (Fsp3) is 0.200. The predicted molar refractivity (Wildman–Crippen MR) is 83.6 cm³/mol. The van der Waals surface area contributed by atoms with Gasteiger partial charge in [0.05, 0.1) is 0 Å². The highest BCUT2D eigenvalue weighted by atomic mass is 79.9. The van der Waals surface area contributed by atoms with E-state index in [1.165, 1.54) is 6.07 Å². The Morgan fingerprint density at radius 1 is 1.16 bits per heavy atom. The van der Waals surface area contributed by atoms with Crippen molar-refractivity contribution in [1.82, 2.24) is 0 Å². The molecular formula is C15H14Br2FN. The van der Waals surface area contributed by atoms with Crippen molar-refractivity contribution in [1.29, 1.82) is 0 Å². The number of rotatable bonds is 3. The van der Waals surface area contributed by atoms with Crippen LogP contribution >= 0.6 is 31.9 Å². The largest absolute Gasteiger partial charge is 0.324 e. The number of hydrogen-bond acceptors (Lipinski definition) is 1. The Hall–Kier alpha value is -0.710. The Bertz CT molecular complexity index is 599. The van der Waals surface area contributed by atoms with Crippen LogP contribution in [0.3, 0.4) is 0 Å². The molecule has 0 aromatic heterocycles. The van der Waals surface area contributed by atoms with Gasteiger partial charge in [0.2, 0.25) is 0 Å². The van der Waals surface area contributed by atoms with E-state index >= 15 is 0 Å². The fourth-order valence-electron chi connectivity index (χ4n) is 1.98. The van der Waals surface area contributed by atoms with Gasteiger partial charge in [-0.2, -0.15) is 0 Å². The molecule has 0 amide bonds. The third-order valence-corrected chi connectivity index (χ3v) is 4.22. The highest BCUT2D eigenvalue weighted by Crippen LogP contribution is 2.27. The van der Waals surface area contributed by atoms with Gasteiger partial charge >= 0.3 is 0 Å². The van der Waals surface area contributed by atoms with Gasteiger partial charge in [0, 0.05) is 15.0 Å². The minimum absolute atomic E-state index is 0.228. The maximum atomic E-state index is 13.8. The summed E-state index contributed by atoms with van der Waals surface area (Å²) in [6.07, 6.45) is 0.473. The first kappa shape index (κ1) is 14.7. The Balaban J connectivity index is 2.25. The molecule has 1 nitrogen and oxygen atoms in total. The van der Waals surface area contributed by atoms with Crippen LogP contribution in [-0.2, 0) is 6.42 Å². The molecule has 2 aromatic carbocycles. The smallest absolute Gasteiger partial charge is 0.127 e. The Morgan fingerprint density at radius 3 is 2.58 bits per heavy atom. The van der Waals surface area contributed by atoms with Crippen molar-refractivity contribution in [3.8, 4) is 0 Å². The first-order valence-electron chi connectivity index (χ1n) is 5.93. The average Bonchev–Trinajstić information content (AvgIpc) is 2.35. The molecule has 2 aromatic rings. The summed E-state index contributed by atoms with van der Waals surface area (Å²) in [5.41, 5.74) is 8.97. The van der Waals surface area contributed by atoms with Crippen LogP contribution in [0.15, 0.2) is 45.3 Å². The van der Waals surface area contributed by atoms with E-state index in [0.717, 1.165) is 20.1 Å². The SMILES string of the molecule is Cc1ccc(Br)c(C(N)Cc2ccc(Br)cc2F)c1. The van der Waals surface area contributed by atoms with E-state index in [1.54, 1.807) is 6.07 Å². The second-order valence-electron chi connectivity index (χ2n) is 4.57. The molecule has 0 aliphatic rings. The van der Waals surface area contributed by atoms with Gasteiger partial charge in [-0.25, -0.2) is 4.39 Å². The lowest BCUT2D eigenvalue weighted by atomic mass is 9.98. The summed E-state index contributed by atoms with van der Waals surface area (Å²) in [5, 5.41) is 0. The molecule has 2 rings (SSSR count). The zero-order valence-electron chi connectivity index (χ0n) is 10.5. The van der Waals surface area contributed by atoms with Crippen LogP contribution in [0.1, 0.15) is 22.7 Å². The number of benzene rings is 2. The minimum Gasteiger partial charge on any atom is -0.324 e. The molecule has 0 fully saturated rings. The van der Waals surface area contributed by atoms with E-state index in [1.807, 2.05) is 31.2 Å². The van der Waals surface area contributed by atoms with Crippen LogP contribution in [0.4, 0.5) is 4.39 Å². The molecule has 0 heterocycles. The number of halogens is 3. The van der Waals surface area contributed by atoms with Crippen LogP contribution in [0.25, 0.3) is 0 Å². The summed E-state index contributed by atoms with van der Waals surface area (Å²) < 4.78 is 15.5. The summed E-state index contributed by atoms with van der Waals surface area (Å²) in [7, 11) is 0. The first-order chi connectivity index (χ1) is 8.97. The van der Waals surface area contributed by atoms with E-state index < -0.39 is 0 Å². The zero-order valence-corrected chi connectivity index (χ0v) is 13.6. The summed E-state index contributed by atoms with van der Waals surface area (Å²) >= 11 is 6.74. The molecule has 1 atom stereocenters. The fourth-order valence-corrected chi connectivity index (χ4v) is 2.86. The predicted octanol–water partition coefficient (Wildman–Crippen LogP) is 4.90. The maximum absolute atomic E-state index is 13.8. The van der Waals surface area contributed by atoms with Crippen LogP contribution in [-0.4, -0.2) is 0 Å². The molecule has 2 N–H and O–H groups in total. The molecule has 0 radical (unpaired) electrons. The van der Waals surface area contributed by atoms with Crippen molar-refractivity contribution in [3.05, 3.63) is 67.9 Å². The topological polar surface area (TPSA) is 26.0 Å². The molecular weight excluding hydrogens is 373 g/mol. The summed E-state index contributed by atoms with van der Waals surface area (Å²) in [5.74, 6) is -0.228. The Kier molecular flexibility index (Phi) is 4.76. The van der Waals surface area contributed by atoms with Gasteiger partial charge < -0.3 is 5.73 Å². The monoisotopic (exact) mass is 385 g/mol. The molecule has 19 heavy (non-hydrogen) atoms. The quantitative estimate of drug-likeness (QED) is 0.797. The second-order valence-corrected chi connectivity index (χ2v) is 6.34. The zero-order chi connectivity index (χ0) is 14.0. The van der Waals surface area contributed by atoms with E-state index in [0.29, 0.717) is 12.0 Å². The van der Waals surface area contributed by atoms with Crippen molar-refractivity contribution in [2.45, 2.75) is 19.4 Å². The van der Waals surface area contributed by atoms with Crippen molar-refractivity contribution < 1.29 is 4.39 Å². The van der Waals surface area contributed by atoms with Crippen LogP contribution in [0.5, 0.6) is 0 Å². The maximum Gasteiger partial charge on any atom is 0.127 e. The van der Waals surface area contributed by atoms with Gasteiger partial charge in [0.1, 0.15) is 5.82 Å². The van der Waals surface area contributed by atoms with E-state index in [9.17, 15) is 4.39 Å². The Labute approximate surface area is 129 Å². The van der Waals surface area contributed by atoms with Crippen LogP contribution in [0, 0.1) is 12.7 Å². The minimum atomic E-state index is -0.232. The van der Waals surface area contributed by atoms with Crippen molar-refractivity contribution >= 4 is 31.9 Å². The number of nitrogens with two attached hydrogens (primary N) is 1. The van der Waals surface area contributed by atoms with E-state index in [-0.39, 0.29) is 11.9 Å². The van der Waals surface area contributed by atoms with E-state index in [2.05, 4.69) is 31.9 Å². The molecule has 0 spiro atoms. The van der Waals surface area contributed by atoms with Crippen molar-refractivity contribution in [2.24, 2.45) is 5.73 Å². The summed E-state index contributed by atoms with van der Waals surface area (Å²) in [4.78, 5) is 0. The van der Waals surface area contributed by atoms with Gasteiger partial charge in [-0.3, -0.25) is 0 Å². The van der Waals surface area contributed by atoms with Gasteiger partial charge in [-0.15, -0.1) is 0 Å². The van der Waals surface area contributed by atoms with Crippen LogP contribution < -0.4 is 5.73 Å². The molecule has 0 saturated carbocycles. The summed E-state index contributed by atoms with van der Waals surface area (Å²) in [6, 6.07) is 10.9. The molecule has 0 saturated heterocycles. The normalized spacial score (nSPS) is 12.5. The third-order valence-electron chi connectivity index (χ3n) is 3.01. The van der Waals surface area contributed by atoms with Crippen molar-refractivity contribution in [3.63, 3.8) is 0 Å². The van der Waals surface area contributed by atoms with Gasteiger partial charge in [0.15, 0.2) is 0 Å². The molecule has 0 aliphatic carbocycles. The molecule has 4 heteroatoms. The van der Waals surface area contributed by atoms with Gasteiger partial charge in [0.25, 0.3) is 0 Å². The lowest BCUT2D eigenvalue weighted by Gasteiger charge is -2.15. The van der Waals surface area contributed by atoms with Gasteiger partial charge in [-0.05, 0) is 42.7 Å². The highest BCUT2D eigenvalue weighted by molar-refractivity contribution is 9.10. The van der Waals surface area contributed by atoms with Crippen LogP contribution in [0.2, 0.25) is 0 Å². The number of hydrogen-bond donors (Lipinski definition) is 1. The standard InChI is InChI=1S/C15H14Br2FN/c1-9-2-5-13(17)12(6-9)15(19)7-10-3-4-11(16)8-14(10)18/h2-6,8,15H,7,19H2,1H3. The van der Waals surface area contributed by atoms with E-state index in [4.69, 9.17) is 5.73 Å². The Morgan fingerprint density at radius 2 is 1.89 bits per heavy atom. The lowest BCUT2D eigenvalue weighted by Crippen LogP contribution is -2.15. The van der Waals surface area contributed by atoms with Crippen molar-refractivity contribution in [2.75, 3.05) is 0 Å².